The molecule has 3 rings (SSSR count). The Morgan fingerprint density at radius 3 is 2.30 bits per heavy atom. The highest BCUT2D eigenvalue weighted by Gasteiger charge is 2.18. The summed E-state index contributed by atoms with van der Waals surface area (Å²) in [6, 6.07) is 12.0. The predicted octanol–water partition coefficient (Wildman–Crippen LogP) is 3.74. The van der Waals surface area contributed by atoms with Gasteiger partial charge < -0.3 is 24.4 Å². The fourth-order valence-corrected chi connectivity index (χ4v) is 3.44. The van der Waals surface area contributed by atoms with E-state index in [1.54, 1.807) is 49.6 Å². The average Bonchev–Trinajstić information content (AvgIpc) is 3.07. The molecule has 7 heteroatoms. The molecule has 0 spiro atoms. The highest BCUT2D eigenvalue weighted by atomic mass is 16.5. The number of nitrogens with one attached hydrogen (secondary N) is 1. The van der Waals surface area contributed by atoms with Crippen LogP contribution < -0.4 is 19.5 Å². The van der Waals surface area contributed by atoms with Gasteiger partial charge in [0.2, 0.25) is 0 Å². The smallest absolute Gasteiger partial charge is 0.260 e. The van der Waals surface area contributed by atoms with Gasteiger partial charge in [0, 0.05) is 24.8 Å². The van der Waals surface area contributed by atoms with Crippen molar-refractivity contribution in [1.82, 2.24) is 4.90 Å². The van der Waals surface area contributed by atoms with Crippen LogP contribution in [0.2, 0.25) is 0 Å². The molecular weight excluding hydrogens is 384 g/mol. The Kier molecular flexibility index (Phi) is 7.54. The van der Waals surface area contributed by atoms with Gasteiger partial charge in [0.15, 0.2) is 18.1 Å². The molecule has 0 unspecified atom stereocenters. The monoisotopic (exact) mass is 412 g/mol. The van der Waals surface area contributed by atoms with E-state index in [9.17, 15) is 9.59 Å². The number of hydrogen-bond donors (Lipinski definition) is 1. The minimum atomic E-state index is -0.333. The second kappa shape index (κ2) is 10.5. The maximum atomic E-state index is 12.8. The number of carbonyl (C=O) groups excluding carboxylic acids is 2. The minimum absolute atomic E-state index is 0.0491. The van der Waals surface area contributed by atoms with Crippen LogP contribution in [-0.4, -0.2) is 50.6 Å². The van der Waals surface area contributed by atoms with E-state index >= 15 is 0 Å². The topological polar surface area (TPSA) is 77.1 Å². The second-order valence-electron chi connectivity index (χ2n) is 7.10. The Hall–Kier alpha value is -3.22. The number of hydrogen-bond acceptors (Lipinski definition) is 5. The molecule has 2 amide bonds. The number of methoxy groups -OCH3 is 2. The number of likely N-dealkylation sites (tertiary alicyclic amines) is 1. The van der Waals surface area contributed by atoms with Crippen molar-refractivity contribution in [1.29, 1.82) is 0 Å². The van der Waals surface area contributed by atoms with Crippen molar-refractivity contribution in [2.75, 3.05) is 39.2 Å². The normalized spacial score (nSPS) is 13.9. The largest absolute Gasteiger partial charge is 0.493 e. The third kappa shape index (κ3) is 5.43. The summed E-state index contributed by atoms with van der Waals surface area (Å²) in [5, 5.41) is 2.83. The van der Waals surface area contributed by atoms with Crippen molar-refractivity contribution < 1.29 is 23.8 Å². The summed E-state index contributed by atoms with van der Waals surface area (Å²) >= 11 is 0. The SMILES string of the molecule is COc1ccc(NC(=O)c2ccccc2OCC(=O)N2CCCCCC2)cc1OC. The van der Waals surface area contributed by atoms with Crippen LogP contribution in [0.3, 0.4) is 0 Å². The Balaban J connectivity index is 1.67. The molecular formula is C23H28N2O5. The molecule has 7 nitrogen and oxygen atoms in total. The van der Waals surface area contributed by atoms with Crippen LogP contribution in [0.4, 0.5) is 5.69 Å². The molecule has 0 aromatic heterocycles. The number of ether oxygens (including phenoxy) is 3. The molecule has 30 heavy (non-hydrogen) atoms. The molecule has 1 aliphatic rings. The Bertz CT molecular complexity index is 876. The quantitative estimate of drug-likeness (QED) is 0.750. The summed E-state index contributed by atoms with van der Waals surface area (Å²) < 4.78 is 16.2. The molecule has 0 atom stereocenters. The number of rotatable bonds is 7. The van der Waals surface area contributed by atoms with Crippen molar-refractivity contribution in [3.8, 4) is 17.2 Å². The van der Waals surface area contributed by atoms with E-state index < -0.39 is 0 Å². The van der Waals surface area contributed by atoms with Crippen LogP contribution in [0.1, 0.15) is 36.0 Å². The van der Waals surface area contributed by atoms with Crippen molar-refractivity contribution in [3.05, 3.63) is 48.0 Å². The van der Waals surface area contributed by atoms with Crippen molar-refractivity contribution in [2.24, 2.45) is 0 Å². The lowest BCUT2D eigenvalue weighted by Crippen LogP contribution is -2.35. The summed E-state index contributed by atoms with van der Waals surface area (Å²) in [6.07, 6.45) is 4.36. The van der Waals surface area contributed by atoms with Crippen LogP contribution in [0.5, 0.6) is 17.2 Å². The van der Waals surface area contributed by atoms with Gasteiger partial charge in [0.25, 0.3) is 11.8 Å². The zero-order valence-corrected chi connectivity index (χ0v) is 17.5. The first kappa shape index (κ1) is 21.5. The molecule has 160 valence electrons. The number of benzene rings is 2. The minimum Gasteiger partial charge on any atom is -0.493 e. The van der Waals surface area contributed by atoms with Crippen LogP contribution in [0, 0.1) is 0 Å². The summed E-state index contributed by atoms with van der Waals surface area (Å²) in [5.74, 6) is 1.08. The molecule has 0 radical (unpaired) electrons. The van der Waals surface area contributed by atoms with Crippen LogP contribution in [-0.2, 0) is 4.79 Å². The van der Waals surface area contributed by atoms with Crippen molar-refractivity contribution in [2.45, 2.75) is 25.7 Å². The van der Waals surface area contributed by atoms with Crippen LogP contribution in [0.25, 0.3) is 0 Å². The predicted molar refractivity (Wildman–Crippen MR) is 114 cm³/mol. The van der Waals surface area contributed by atoms with Gasteiger partial charge in [-0.2, -0.15) is 0 Å². The Morgan fingerprint density at radius 2 is 1.60 bits per heavy atom. The van der Waals surface area contributed by atoms with Crippen molar-refractivity contribution in [3.63, 3.8) is 0 Å². The van der Waals surface area contributed by atoms with Gasteiger partial charge in [-0.05, 0) is 37.1 Å². The number of anilines is 1. The molecule has 1 fully saturated rings. The molecule has 1 heterocycles. The fourth-order valence-electron chi connectivity index (χ4n) is 3.44. The second-order valence-corrected chi connectivity index (χ2v) is 7.10. The summed E-state index contributed by atoms with van der Waals surface area (Å²) in [5.41, 5.74) is 0.920. The number of amides is 2. The molecule has 1 aliphatic heterocycles. The van der Waals surface area contributed by atoms with E-state index in [-0.39, 0.29) is 18.4 Å². The standard InChI is InChI=1S/C23H28N2O5/c1-28-20-12-11-17(15-21(20)29-2)24-23(27)18-9-5-6-10-19(18)30-16-22(26)25-13-7-3-4-8-14-25/h5-6,9-12,15H,3-4,7-8,13-14,16H2,1-2H3,(H,24,27). The van der Waals surface area contributed by atoms with Gasteiger partial charge in [0.1, 0.15) is 5.75 Å². The summed E-state index contributed by atoms with van der Waals surface area (Å²) in [4.78, 5) is 27.2. The average molecular weight is 412 g/mol. The molecule has 0 saturated carbocycles. The summed E-state index contributed by atoms with van der Waals surface area (Å²) in [6.45, 7) is 1.45. The first-order valence-corrected chi connectivity index (χ1v) is 10.2. The maximum absolute atomic E-state index is 12.8. The molecule has 2 aromatic carbocycles. The van der Waals surface area contributed by atoms with E-state index in [4.69, 9.17) is 14.2 Å². The Morgan fingerprint density at radius 1 is 0.900 bits per heavy atom. The van der Waals surface area contributed by atoms with E-state index in [1.165, 1.54) is 7.11 Å². The summed E-state index contributed by atoms with van der Waals surface area (Å²) in [7, 11) is 3.09. The van der Waals surface area contributed by atoms with Gasteiger partial charge in [-0.15, -0.1) is 0 Å². The lowest BCUT2D eigenvalue weighted by atomic mass is 10.1. The van der Waals surface area contributed by atoms with Gasteiger partial charge >= 0.3 is 0 Å². The van der Waals surface area contributed by atoms with E-state index in [1.807, 2.05) is 4.90 Å². The van der Waals surface area contributed by atoms with E-state index in [0.29, 0.717) is 28.5 Å². The zero-order valence-electron chi connectivity index (χ0n) is 17.5. The van der Waals surface area contributed by atoms with Gasteiger partial charge in [0.05, 0.1) is 19.8 Å². The van der Waals surface area contributed by atoms with Gasteiger partial charge in [-0.3, -0.25) is 9.59 Å². The van der Waals surface area contributed by atoms with E-state index in [2.05, 4.69) is 5.32 Å². The highest BCUT2D eigenvalue weighted by Crippen LogP contribution is 2.30. The first-order valence-electron chi connectivity index (χ1n) is 10.2. The lowest BCUT2D eigenvalue weighted by Gasteiger charge is -2.20. The Labute approximate surface area is 176 Å². The molecule has 1 N–H and O–H groups in total. The number of para-hydroxylation sites is 1. The van der Waals surface area contributed by atoms with Crippen molar-refractivity contribution >= 4 is 17.5 Å². The van der Waals surface area contributed by atoms with Crippen LogP contribution in [0.15, 0.2) is 42.5 Å². The number of nitrogens with zero attached hydrogens (tertiary/aromatic N) is 1. The molecule has 2 aromatic rings. The maximum Gasteiger partial charge on any atom is 0.260 e. The molecule has 0 aliphatic carbocycles. The fraction of sp³-hybridized carbons (Fsp3) is 0.391. The highest BCUT2D eigenvalue weighted by molar-refractivity contribution is 6.06. The lowest BCUT2D eigenvalue weighted by molar-refractivity contribution is -0.133. The third-order valence-corrected chi connectivity index (χ3v) is 5.08. The first-order chi connectivity index (χ1) is 14.6. The molecule has 1 saturated heterocycles. The molecule has 0 bridgehead atoms. The third-order valence-electron chi connectivity index (χ3n) is 5.08. The zero-order chi connectivity index (χ0) is 21.3. The van der Waals surface area contributed by atoms with Gasteiger partial charge in [-0.1, -0.05) is 25.0 Å². The van der Waals surface area contributed by atoms with Crippen LogP contribution >= 0.6 is 0 Å². The van der Waals surface area contributed by atoms with Gasteiger partial charge in [-0.25, -0.2) is 0 Å². The van der Waals surface area contributed by atoms with E-state index in [0.717, 1.165) is 38.8 Å². The number of carbonyl (C=O) groups is 2.